The van der Waals surface area contributed by atoms with Crippen LogP contribution in [0, 0.1) is 22.9 Å². The van der Waals surface area contributed by atoms with Gasteiger partial charge < -0.3 is 4.74 Å². The minimum absolute atomic E-state index is 0.0861. The van der Waals surface area contributed by atoms with Gasteiger partial charge in [-0.05, 0) is 13.0 Å². The first kappa shape index (κ1) is 12.2. The third kappa shape index (κ3) is 2.81. The van der Waals surface area contributed by atoms with Crippen molar-refractivity contribution in [2.24, 2.45) is 0 Å². The molecule has 1 aromatic rings. The van der Waals surface area contributed by atoms with Crippen molar-refractivity contribution < 1.29 is 27.2 Å². The van der Waals surface area contributed by atoms with Gasteiger partial charge in [0.05, 0.1) is 11.0 Å². The molecule has 0 N–H and O–H groups in total. The lowest BCUT2D eigenvalue weighted by molar-refractivity contribution is -0.385. The van der Waals surface area contributed by atoms with Crippen molar-refractivity contribution >= 4 is 5.69 Å². The van der Waals surface area contributed by atoms with Gasteiger partial charge >= 0.3 is 6.36 Å². The Morgan fingerprint density at radius 1 is 1.38 bits per heavy atom. The van der Waals surface area contributed by atoms with E-state index >= 15 is 0 Å². The van der Waals surface area contributed by atoms with Crippen LogP contribution in [0.5, 0.6) is 5.75 Å². The second-order valence-corrected chi connectivity index (χ2v) is 2.87. The molecule has 4 nitrogen and oxygen atoms in total. The molecule has 8 heteroatoms. The maximum absolute atomic E-state index is 13.0. The number of ether oxygens (including phenoxy) is 1. The van der Waals surface area contributed by atoms with E-state index in [1.807, 2.05) is 0 Å². The summed E-state index contributed by atoms with van der Waals surface area (Å²) < 4.78 is 51.7. The van der Waals surface area contributed by atoms with Gasteiger partial charge in [0, 0.05) is 5.56 Å². The fourth-order valence-corrected chi connectivity index (χ4v) is 1.04. The number of hydrogen-bond donors (Lipinski definition) is 0. The molecule has 0 fully saturated rings. The first-order valence-electron chi connectivity index (χ1n) is 3.91. The molecular weight excluding hydrogens is 234 g/mol. The van der Waals surface area contributed by atoms with Crippen molar-refractivity contribution in [3.8, 4) is 5.75 Å². The number of nitro groups is 1. The summed E-state index contributed by atoms with van der Waals surface area (Å²) >= 11 is 0. The minimum atomic E-state index is -5.09. The van der Waals surface area contributed by atoms with E-state index in [2.05, 4.69) is 4.74 Å². The summed E-state index contributed by atoms with van der Waals surface area (Å²) in [4.78, 5) is 9.48. The quantitative estimate of drug-likeness (QED) is 0.453. The average Bonchev–Trinajstić information content (AvgIpc) is 2.07. The molecule has 0 aliphatic carbocycles. The van der Waals surface area contributed by atoms with Gasteiger partial charge in [0.25, 0.3) is 5.69 Å². The smallest absolute Gasteiger partial charge is 0.402 e. The number of hydrogen-bond acceptors (Lipinski definition) is 3. The van der Waals surface area contributed by atoms with Crippen molar-refractivity contribution in [2.75, 3.05) is 0 Å². The van der Waals surface area contributed by atoms with Crippen LogP contribution in [0.2, 0.25) is 0 Å². The molecule has 0 heterocycles. The zero-order chi connectivity index (χ0) is 12.5. The van der Waals surface area contributed by atoms with E-state index in [1.54, 1.807) is 0 Å². The predicted octanol–water partition coefficient (Wildman–Crippen LogP) is 2.94. The summed E-state index contributed by atoms with van der Waals surface area (Å²) in [5.74, 6) is -2.52. The molecule has 0 aromatic heterocycles. The Balaban J connectivity index is 3.20. The standard InChI is InChI=1S/C8H5F4NO3/c1-4-2-5(9)7(16-8(10,11)12)3-6(4)13(14)15/h2-3H,1H3. The van der Waals surface area contributed by atoms with Crippen LogP contribution in [0.1, 0.15) is 5.56 Å². The first-order valence-corrected chi connectivity index (χ1v) is 3.91. The zero-order valence-electron chi connectivity index (χ0n) is 7.84. The fourth-order valence-electron chi connectivity index (χ4n) is 1.04. The number of aryl methyl sites for hydroxylation is 1. The van der Waals surface area contributed by atoms with Crippen LogP contribution in [-0.2, 0) is 0 Å². The lowest BCUT2D eigenvalue weighted by Gasteiger charge is -2.09. The lowest BCUT2D eigenvalue weighted by Crippen LogP contribution is -2.18. The summed E-state index contributed by atoms with van der Waals surface area (Å²) in [6.45, 7) is 1.21. The number of alkyl halides is 3. The highest BCUT2D eigenvalue weighted by Gasteiger charge is 2.33. The molecule has 88 valence electrons. The summed E-state index contributed by atoms with van der Waals surface area (Å²) in [7, 11) is 0. The van der Waals surface area contributed by atoms with Gasteiger partial charge in [0.1, 0.15) is 0 Å². The molecule has 1 aromatic carbocycles. The predicted molar refractivity (Wildman–Crippen MR) is 44.5 cm³/mol. The van der Waals surface area contributed by atoms with E-state index in [0.29, 0.717) is 12.1 Å². The number of rotatable bonds is 2. The summed E-state index contributed by atoms with van der Waals surface area (Å²) in [5, 5.41) is 10.4. The van der Waals surface area contributed by atoms with Crippen LogP contribution in [0.3, 0.4) is 0 Å². The lowest BCUT2D eigenvalue weighted by atomic mass is 10.2. The maximum atomic E-state index is 13.0. The van der Waals surface area contributed by atoms with E-state index in [9.17, 15) is 27.7 Å². The monoisotopic (exact) mass is 239 g/mol. The molecule has 0 bridgehead atoms. The third-order valence-corrected chi connectivity index (χ3v) is 1.67. The highest BCUT2D eigenvalue weighted by molar-refractivity contribution is 5.46. The van der Waals surface area contributed by atoms with E-state index in [1.165, 1.54) is 6.92 Å². The van der Waals surface area contributed by atoms with E-state index in [0.717, 1.165) is 0 Å². The molecule has 1 rings (SSSR count). The Bertz CT molecular complexity index is 430. The number of benzene rings is 1. The van der Waals surface area contributed by atoms with Gasteiger partial charge in [-0.1, -0.05) is 0 Å². The van der Waals surface area contributed by atoms with Crippen LogP contribution >= 0.6 is 0 Å². The molecule has 16 heavy (non-hydrogen) atoms. The van der Waals surface area contributed by atoms with E-state index in [4.69, 9.17) is 0 Å². The number of nitrogens with zero attached hydrogens (tertiary/aromatic N) is 1. The Morgan fingerprint density at radius 3 is 2.38 bits per heavy atom. The second-order valence-electron chi connectivity index (χ2n) is 2.87. The fraction of sp³-hybridized carbons (Fsp3) is 0.250. The van der Waals surface area contributed by atoms with E-state index < -0.39 is 28.5 Å². The van der Waals surface area contributed by atoms with Crippen molar-refractivity contribution in [1.82, 2.24) is 0 Å². The SMILES string of the molecule is Cc1cc(F)c(OC(F)(F)F)cc1[N+](=O)[O-]. The van der Waals surface area contributed by atoms with Gasteiger partial charge in [-0.3, -0.25) is 10.1 Å². The molecule has 0 aliphatic rings. The highest BCUT2D eigenvalue weighted by atomic mass is 19.4. The average molecular weight is 239 g/mol. The van der Waals surface area contributed by atoms with Crippen LogP contribution in [-0.4, -0.2) is 11.3 Å². The molecule has 0 atom stereocenters. The molecule has 0 amide bonds. The molecule has 0 spiro atoms. The topological polar surface area (TPSA) is 52.4 Å². The van der Waals surface area contributed by atoms with Crippen molar-refractivity contribution in [3.63, 3.8) is 0 Å². The second kappa shape index (κ2) is 3.95. The Morgan fingerprint density at radius 2 is 1.94 bits per heavy atom. The summed E-state index contributed by atoms with van der Waals surface area (Å²) in [6, 6.07) is 1.01. The Hall–Kier alpha value is -1.86. The molecule has 0 saturated carbocycles. The van der Waals surface area contributed by atoms with Gasteiger partial charge in [-0.25, -0.2) is 4.39 Å². The Labute approximate surface area is 86.6 Å². The first-order chi connectivity index (χ1) is 7.20. The molecule has 0 unspecified atom stereocenters. The zero-order valence-corrected chi connectivity index (χ0v) is 7.84. The summed E-state index contributed by atoms with van der Waals surface area (Å²) in [6.07, 6.45) is -5.09. The Kier molecular flexibility index (Phi) is 3.02. The molecule has 0 radical (unpaired) electrons. The normalized spacial score (nSPS) is 11.3. The maximum Gasteiger partial charge on any atom is 0.573 e. The molecular formula is C8H5F4NO3. The van der Waals surface area contributed by atoms with Crippen LogP contribution < -0.4 is 4.74 Å². The van der Waals surface area contributed by atoms with Gasteiger partial charge in [0.15, 0.2) is 11.6 Å². The molecule has 0 saturated heterocycles. The largest absolute Gasteiger partial charge is 0.573 e. The summed E-state index contributed by atoms with van der Waals surface area (Å²) in [5.41, 5.74) is -0.724. The minimum Gasteiger partial charge on any atom is -0.402 e. The van der Waals surface area contributed by atoms with Gasteiger partial charge in [-0.2, -0.15) is 0 Å². The van der Waals surface area contributed by atoms with E-state index in [-0.39, 0.29) is 5.56 Å². The number of halogens is 4. The van der Waals surface area contributed by atoms with Gasteiger partial charge in [-0.15, -0.1) is 13.2 Å². The van der Waals surface area contributed by atoms with Crippen LogP contribution in [0.15, 0.2) is 12.1 Å². The van der Waals surface area contributed by atoms with Crippen molar-refractivity contribution in [1.29, 1.82) is 0 Å². The third-order valence-electron chi connectivity index (χ3n) is 1.67. The number of nitro benzene ring substituents is 1. The van der Waals surface area contributed by atoms with Crippen LogP contribution in [0.4, 0.5) is 23.2 Å². The molecule has 0 aliphatic heterocycles. The van der Waals surface area contributed by atoms with Gasteiger partial charge in [0.2, 0.25) is 0 Å². The van der Waals surface area contributed by atoms with Crippen LogP contribution in [0.25, 0.3) is 0 Å². The van der Waals surface area contributed by atoms with Crippen molar-refractivity contribution in [3.05, 3.63) is 33.6 Å². The highest BCUT2D eigenvalue weighted by Crippen LogP contribution is 2.31. The van der Waals surface area contributed by atoms with Crippen molar-refractivity contribution in [2.45, 2.75) is 13.3 Å².